The van der Waals surface area contributed by atoms with Crippen molar-refractivity contribution in [1.82, 2.24) is 10.5 Å². The van der Waals surface area contributed by atoms with Gasteiger partial charge in [-0.3, -0.25) is 0 Å². The normalized spacial score (nSPS) is 10.6. The van der Waals surface area contributed by atoms with Crippen molar-refractivity contribution < 1.29 is 4.52 Å². The molecule has 0 aliphatic carbocycles. The molecule has 0 aliphatic rings. The summed E-state index contributed by atoms with van der Waals surface area (Å²) in [6, 6.07) is 7.60. The molecule has 0 unspecified atom stereocenters. The summed E-state index contributed by atoms with van der Waals surface area (Å²) in [5, 5.41) is 7.73. The highest BCUT2D eigenvalue weighted by atomic mass is 35.5. The lowest BCUT2D eigenvalue weighted by Crippen LogP contribution is -2.11. The van der Waals surface area contributed by atoms with E-state index < -0.39 is 0 Å². The van der Waals surface area contributed by atoms with Crippen LogP contribution in [-0.4, -0.2) is 11.7 Å². The van der Waals surface area contributed by atoms with Crippen molar-refractivity contribution in [3.05, 3.63) is 41.0 Å². The van der Waals surface area contributed by atoms with Gasteiger partial charge in [0, 0.05) is 17.7 Å². The van der Waals surface area contributed by atoms with Crippen LogP contribution in [0.5, 0.6) is 0 Å². The summed E-state index contributed by atoms with van der Waals surface area (Å²) in [5.74, 6) is 0.742. The molecule has 84 valence electrons. The first-order chi connectivity index (χ1) is 7.83. The minimum atomic E-state index is 0.678. The number of benzene rings is 1. The van der Waals surface area contributed by atoms with Crippen molar-refractivity contribution in [2.45, 2.75) is 13.5 Å². The van der Waals surface area contributed by atoms with E-state index in [2.05, 4.69) is 17.4 Å². The highest BCUT2D eigenvalue weighted by Gasteiger charge is 2.12. The molecule has 2 aromatic rings. The lowest BCUT2D eigenvalue weighted by molar-refractivity contribution is 0.431. The predicted octanol–water partition coefficient (Wildman–Crippen LogP) is 3.10. The molecule has 0 fully saturated rings. The minimum Gasteiger partial charge on any atom is -0.356 e. The quantitative estimate of drug-likeness (QED) is 0.887. The summed E-state index contributed by atoms with van der Waals surface area (Å²) < 4.78 is 5.25. The number of halogens is 1. The molecule has 0 radical (unpaired) electrons. The Morgan fingerprint density at radius 3 is 2.94 bits per heavy atom. The molecule has 0 aliphatic heterocycles. The summed E-state index contributed by atoms with van der Waals surface area (Å²) in [6.07, 6.45) is 1.72. The van der Waals surface area contributed by atoms with Gasteiger partial charge in [-0.2, -0.15) is 0 Å². The van der Waals surface area contributed by atoms with Gasteiger partial charge in [-0.15, -0.1) is 0 Å². The van der Waals surface area contributed by atoms with E-state index in [9.17, 15) is 0 Å². The Morgan fingerprint density at radius 2 is 2.19 bits per heavy atom. The van der Waals surface area contributed by atoms with Crippen LogP contribution < -0.4 is 5.32 Å². The van der Waals surface area contributed by atoms with E-state index in [1.54, 1.807) is 6.20 Å². The summed E-state index contributed by atoms with van der Waals surface area (Å²) in [6.45, 7) is 3.70. The predicted molar refractivity (Wildman–Crippen MR) is 64.3 cm³/mol. The smallest absolute Gasteiger partial charge is 0.172 e. The lowest BCUT2D eigenvalue weighted by Gasteiger charge is -2.03. The van der Waals surface area contributed by atoms with Gasteiger partial charge < -0.3 is 9.84 Å². The third-order valence-corrected chi connectivity index (χ3v) is 2.66. The van der Waals surface area contributed by atoms with Crippen LogP contribution in [0.4, 0.5) is 0 Å². The number of nitrogens with zero attached hydrogens (tertiary/aromatic N) is 1. The average molecular weight is 237 g/mol. The monoisotopic (exact) mass is 236 g/mol. The number of nitrogens with one attached hydrogen (secondary N) is 1. The average Bonchev–Trinajstić information content (AvgIpc) is 2.75. The second-order valence-corrected chi connectivity index (χ2v) is 3.85. The molecule has 2 rings (SSSR count). The minimum absolute atomic E-state index is 0.678. The molecule has 0 spiro atoms. The van der Waals surface area contributed by atoms with E-state index in [1.165, 1.54) is 0 Å². The molecule has 1 aromatic heterocycles. The summed E-state index contributed by atoms with van der Waals surface area (Å²) in [4.78, 5) is 0. The van der Waals surface area contributed by atoms with Crippen molar-refractivity contribution in [1.29, 1.82) is 0 Å². The van der Waals surface area contributed by atoms with Crippen LogP contribution >= 0.6 is 11.6 Å². The second-order valence-electron chi connectivity index (χ2n) is 3.44. The van der Waals surface area contributed by atoms with Gasteiger partial charge in [-0.1, -0.05) is 35.8 Å². The fourth-order valence-corrected chi connectivity index (χ4v) is 1.73. The Kier molecular flexibility index (Phi) is 3.59. The molecule has 1 N–H and O–H groups in total. The zero-order chi connectivity index (χ0) is 11.4. The van der Waals surface area contributed by atoms with Crippen molar-refractivity contribution in [3.63, 3.8) is 0 Å². The molecule has 3 nitrogen and oxygen atoms in total. The molecule has 1 heterocycles. The largest absolute Gasteiger partial charge is 0.356 e. The first-order valence-corrected chi connectivity index (χ1v) is 5.60. The second kappa shape index (κ2) is 5.14. The number of rotatable bonds is 4. The molecule has 16 heavy (non-hydrogen) atoms. The third-order valence-electron chi connectivity index (χ3n) is 2.33. The Labute approximate surface area is 99.4 Å². The lowest BCUT2D eigenvalue weighted by atomic mass is 10.1. The standard InChI is InChI=1S/C12H13ClN2O/c1-2-14-7-9-8-15-16-12(9)10-5-3-4-6-11(10)13/h3-6,8,14H,2,7H2,1H3. The van der Waals surface area contributed by atoms with Gasteiger partial charge in [0.25, 0.3) is 0 Å². The van der Waals surface area contributed by atoms with E-state index in [0.29, 0.717) is 5.02 Å². The maximum atomic E-state index is 6.11. The van der Waals surface area contributed by atoms with Crippen molar-refractivity contribution in [2.75, 3.05) is 6.54 Å². The van der Waals surface area contributed by atoms with Gasteiger partial charge in [-0.25, -0.2) is 0 Å². The Morgan fingerprint density at radius 1 is 1.38 bits per heavy atom. The highest BCUT2D eigenvalue weighted by Crippen LogP contribution is 2.29. The fraction of sp³-hybridized carbons (Fsp3) is 0.250. The molecule has 0 saturated heterocycles. The van der Waals surface area contributed by atoms with Crippen LogP contribution in [0.25, 0.3) is 11.3 Å². The molecule has 0 bridgehead atoms. The van der Waals surface area contributed by atoms with E-state index in [4.69, 9.17) is 16.1 Å². The van der Waals surface area contributed by atoms with Gasteiger partial charge in [0.15, 0.2) is 5.76 Å². The van der Waals surface area contributed by atoms with Crippen molar-refractivity contribution in [2.24, 2.45) is 0 Å². The van der Waals surface area contributed by atoms with Gasteiger partial charge in [0.2, 0.25) is 0 Å². The molecular weight excluding hydrogens is 224 g/mol. The van der Waals surface area contributed by atoms with Crippen LogP contribution in [-0.2, 0) is 6.54 Å². The molecule has 0 amide bonds. The number of hydrogen-bond donors (Lipinski definition) is 1. The van der Waals surface area contributed by atoms with Crippen LogP contribution in [0, 0.1) is 0 Å². The maximum Gasteiger partial charge on any atom is 0.172 e. The molecular formula is C12H13ClN2O. The molecule has 4 heteroatoms. The zero-order valence-electron chi connectivity index (χ0n) is 9.03. The van der Waals surface area contributed by atoms with Crippen LogP contribution in [0.15, 0.2) is 35.0 Å². The molecule has 0 saturated carbocycles. The molecule has 0 atom stereocenters. The zero-order valence-corrected chi connectivity index (χ0v) is 9.79. The summed E-state index contributed by atoms with van der Waals surface area (Å²) >= 11 is 6.11. The maximum absolute atomic E-state index is 6.11. The topological polar surface area (TPSA) is 38.1 Å². The summed E-state index contributed by atoms with van der Waals surface area (Å²) in [5.41, 5.74) is 1.91. The van der Waals surface area contributed by atoms with Gasteiger partial charge in [0.1, 0.15) is 0 Å². The van der Waals surface area contributed by atoms with E-state index in [0.717, 1.165) is 30.0 Å². The van der Waals surface area contributed by atoms with Gasteiger partial charge in [-0.05, 0) is 18.7 Å². The first-order valence-electron chi connectivity index (χ1n) is 5.22. The van der Waals surface area contributed by atoms with Crippen LogP contribution in [0.3, 0.4) is 0 Å². The SMILES string of the molecule is CCNCc1cnoc1-c1ccccc1Cl. The van der Waals surface area contributed by atoms with Crippen molar-refractivity contribution >= 4 is 11.6 Å². The van der Waals surface area contributed by atoms with Gasteiger partial charge >= 0.3 is 0 Å². The Bertz CT molecular complexity index is 468. The van der Waals surface area contributed by atoms with Gasteiger partial charge in [0.05, 0.1) is 11.2 Å². The number of hydrogen-bond acceptors (Lipinski definition) is 3. The van der Waals surface area contributed by atoms with E-state index in [1.807, 2.05) is 24.3 Å². The van der Waals surface area contributed by atoms with E-state index >= 15 is 0 Å². The van der Waals surface area contributed by atoms with Crippen LogP contribution in [0.1, 0.15) is 12.5 Å². The Balaban J connectivity index is 2.33. The van der Waals surface area contributed by atoms with E-state index in [-0.39, 0.29) is 0 Å². The first kappa shape index (κ1) is 11.2. The third kappa shape index (κ3) is 2.26. The number of aromatic nitrogens is 1. The van der Waals surface area contributed by atoms with Crippen molar-refractivity contribution in [3.8, 4) is 11.3 Å². The van der Waals surface area contributed by atoms with Crippen LogP contribution in [0.2, 0.25) is 5.02 Å². The molecule has 1 aromatic carbocycles. The summed E-state index contributed by atoms with van der Waals surface area (Å²) in [7, 11) is 0. The highest BCUT2D eigenvalue weighted by molar-refractivity contribution is 6.33. The fourth-order valence-electron chi connectivity index (χ4n) is 1.51. The Hall–Kier alpha value is -1.32.